The third kappa shape index (κ3) is 3.25. The molecule has 1 fully saturated rings. The number of hydrogen-bond donors (Lipinski definition) is 1. The molecule has 1 N–H and O–H groups in total. The fourth-order valence-electron chi connectivity index (χ4n) is 2.30. The highest BCUT2D eigenvalue weighted by atomic mass is 32.2. The zero-order valence-electron chi connectivity index (χ0n) is 10.1. The average molecular weight is 255 g/mol. The third-order valence-electron chi connectivity index (χ3n) is 3.10. The van der Waals surface area contributed by atoms with Gasteiger partial charge in [-0.1, -0.05) is 26.3 Å². The van der Waals surface area contributed by atoms with Gasteiger partial charge in [-0.15, -0.1) is 11.3 Å². The lowest BCUT2D eigenvalue weighted by molar-refractivity contribution is 0.432. The van der Waals surface area contributed by atoms with E-state index in [1.54, 1.807) is 0 Å². The third-order valence-corrected chi connectivity index (χ3v) is 5.44. The highest BCUT2D eigenvalue weighted by molar-refractivity contribution is 8.00. The molecule has 1 nitrogen and oxygen atoms in total. The molecule has 1 aromatic heterocycles. The van der Waals surface area contributed by atoms with Crippen molar-refractivity contribution in [3.63, 3.8) is 0 Å². The van der Waals surface area contributed by atoms with Crippen LogP contribution in [0.5, 0.6) is 0 Å². The van der Waals surface area contributed by atoms with Crippen molar-refractivity contribution >= 4 is 23.1 Å². The Hall–Kier alpha value is 0.01000. The molecule has 2 heterocycles. The van der Waals surface area contributed by atoms with Gasteiger partial charge in [0.2, 0.25) is 0 Å². The van der Waals surface area contributed by atoms with Crippen molar-refractivity contribution < 1.29 is 0 Å². The highest BCUT2D eigenvalue weighted by Gasteiger charge is 2.24. The smallest absolute Gasteiger partial charge is 0.0417 e. The second-order valence-corrected chi connectivity index (χ2v) is 7.05. The monoisotopic (exact) mass is 255 g/mol. The number of rotatable bonds is 5. The lowest BCUT2D eigenvalue weighted by Gasteiger charge is -2.21. The average Bonchev–Trinajstić information content (AvgIpc) is 2.88. The minimum absolute atomic E-state index is 0.584. The van der Waals surface area contributed by atoms with Gasteiger partial charge < -0.3 is 5.32 Å². The second-order valence-electron chi connectivity index (χ2n) is 4.60. The second kappa shape index (κ2) is 6.08. The Morgan fingerprint density at radius 3 is 3.00 bits per heavy atom. The van der Waals surface area contributed by atoms with Crippen molar-refractivity contribution in [2.75, 3.05) is 5.75 Å². The summed E-state index contributed by atoms with van der Waals surface area (Å²) in [4.78, 5) is 1.51. The van der Waals surface area contributed by atoms with Crippen LogP contribution < -0.4 is 5.32 Å². The van der Waals surface area contributed by atoms with Crippen LogP contribution in [0.4, 0.5) is 0 Å². The quantitative estimate of drug-likeness (QED) is 0.851. The van der Waals surface area contributed by atoms with E-state index in [1.807, 2.05) is 11.3 Å². The molecule has 0 radical (unpaired) electrons. The molecule has 0 saturated carbocycles. The van der Waals surface area contributed by atoms with Crippen molar-refractivity contribution in [1.29, 1.82) is 0 Å². The Labute approximate surface area is 107 Å². The Morgan fingerprint density at radius 1 is 1.56 bits per heavy atom. The molecule has 90 valence electrons. The van der Waals surface area contributed by atoms with Crippen LogP contribution in [-0.2, 0) is 0 Å². The lowest BCUT2D eigenvalue weighted by atomic mass is 10.1. The summed E-state index contributed by atoms with van der Waals surface area (Å²) in [6, 6.07) is 5.74. The molecule has 0 aromatic carbocycles. The molecular formula is C13H21NS2. The van der Waals surface area contributed by atoms with E-state index in [4.69, 9.17) is 0 Å². The zero-order chi connectivity index (χ0) is 11.4. The molecule has 16 heavy (non-hydrogen) atoms. The van der Waals surface area contributed by atoms with Gasteiger partial charge in [0.25, 0.3) is 0 Å². The van der Waals surface area contributed by atoms with Crippen LogP contribution >= 0.6 is 23.1 Å². The Balaban J connectivity index is 1.93. The molecular weight excluding hydrogens is 234 g/mol. The largest absolute Gasteiger partial charge is 0.306 e. The maximum Gasteiger partial charge on any atom is 0.0417 e. The van der Waals surface area contributed by atoms with E-state index in [0.29, 0.717) is 6.04 Å². The van der Waals surface area contributed by atoms with E-state index < -0.39 is 0 Å². The summed E-state index contributed by atoms with van der Waals surface area (Å²) in [5, 5.41) is 6.86. The summed E-state index contributed by atoms with van der Waals surface area (Å²) in [6.45, 7) is 4.61. The van der Waals surface area contributed by atoms with Crippen LogP contribution in [0.25, 0.3) is 0 Å². The fourth-order valence-corrected chi connectivity index (χ4v) is 4.29. The minimum atomic E-state index is 0.584. The van der Waals surface area contributed by atoms with Gasteiger partial charge in [-0.25, -0.2) is 0 Å². The predicted octanol–water partition coefficient (Wildman–Crippen LogP) is 4.07. The van der Waals surface area contributed by atoms with E-state index in [1.165, 1.54) is 29.9 Å². The van der Waals surface area contributed by atoms with Gasteiger partial charge >= 0.3 is 0 Å². The summed E-state index contributed by atoms with van der Waals surface area (Å²) in [7, 11) is 0. The molecule has 1 saturated heterocycles. The topological polar surface area (TPSA) is 12.0 Å². The number of nitrogens with one attached hydrogen (secondary N) is 1. The Bertz CT molecular complexity index is 297. The van der Waals surface area contributed by atoms with Crippen molar-refractivity contribution in [3.05, 3.63) is 22.4 Å². The summed E-state index contributed by atoms with van der Waals surface area (Å²) < 4.78 is 0. The van der Waals surface area contributed by atoms with Crippen LogP contribution in [-0.4, -0.2) is 17.0 Å². The fraction of sp³-hybridized carbons (Fsp3) is 0.692. The van der Waals surface area contributed by atoms with Gasteiger partial charge in [-0.3, -0.25) is 0 Å². The molecule has 2 rings (SSSR count). The first-order chi connectivity index (χ1) is 7.79. The Kier molecular flexibility index (Phi) is 4.74. The van der Waals surface area contributed by atoms with Crippen LogP contribution in [0.1, 0.15) is 44.0 Å². The van der Waals surface area contributed by atoms with Gasteiger partial charge in [0, 0.05) is 28.0 Å². The number of hydrogen-bond acceptors (Lipinski definition) is 3. The van der Waals surface area contributed by atoms with Gasteiger partial charge in [-0.2, -0.15) is 11.8 Å². The first-order valence-corrected chi connectivity index (χ1v) is 8.13. The van der Waals surface area contributed by atoms with E-state index in [2.05, 4.69) is 48.4 Å². The van der Waals surface area contributed by atoms with Crippen molar-refractivity contribution in [1.82, 2.24) is 5.32 Å². The summed E-state index contributed by atoms with van der Waals surface area (Å²) in [6.07, 6.45) is 3.84. The molecule has 3 unspecified atom stereocenters. The Morgan fingerprint density at radius 2 is 2.44 bits per heavy atom. The first-order valence-electron chi connectivity index (χ1n) is 6.20. The van der Waals surface area contributed by atoms with E-state index in [-0.39, 0.29) is 0 Å². The molecule has 1 aliphatic heterocycles. The summed E-state index contributed by atoms with van der Waals surface area (Å²) in [5.74, 6) is 1.28. The van der Waals surface area contributed by atoms with Gasteiger partial charge in [0.1, 0.15) is 0 Å². The van der Waals surface area contributed by atoms with Crippen LogP contribution in [0.3, 0.4) is 0 Å². The van der Waals surface area contributed by atoms with Crippen molar-refractivity contribution in [3.8, 4) is 0 Å². The van der Waals surface area contributed by atoms with E-state index >= 15 is 0 Å². The van der Waals surface area contributed by atoms with Crippen LogP contribution in [0.2, 0.25) is 0 Å². The molecule has 0 aliphatic carbocycles. The molecule has 0 bridgehead atoms. The van der Waals surface area contributed by atoms with E-state index in [0.717, 1.165) is 11.3 Å². The summed E-state index contributed by atoms with van der Waals surface area (Å²) in [5.41, 5.74) is 0. The van der Waals surface area contributed by atoms with Crippen LogP contribution in [0, 0.1) is 0 Å². The van der Waals surface area contributed by atoms with Crippen molar-refractivity contribution in [2.24, 2.45) is 0 Å². The van der Waals surface area contributed by atoms with Gasteiger partial charge in [0.15, 0.2) is 0 Å². The lowest BCUT2D eigenvalue weighted by Crippen LogP contribution is -2.32. The maximum atomic E-state index is 3.84. The molecule has 3 atom stereocenters. The first kappa shape index (κ1) is 12.5. The van der Waals surface area contributed by atoms with Gasteiger partial charge in [0.05, 0.1) is 0 Å². The predicted molar refractivity (Wildman–Crippen MR) is 75.4 cm³/mol. The standard InChI is InChI=1S/C13H21NS2/c1-3-5-12(13-6-4-7-15-13)14-11-8-10(2)16-9-11/h4,6-7,10-12,14H,3,5,8-9H2,1-2H3. The maximum absolute atomic E-state index is 3.84. The molecule has 1 aliphatic rings. The van der Waals surface area contributed by atoms with E-state index in [9.17, 15) is 0 Å². The van der Waals surface area contributed by atoms with Crippen LogP contribution in [0.15, 0.2) is 17.5 Å². The number of thioether (sulfide) groups is 1. The molecule has 1 aromatic rings. The molecule has 0 spiro atoms. The molecule has 3 heteroatoms. The summed E-state index contributed by atoms with van der Waals surface area (Å²) >= 11 is 3.99. The van der Waals surface area contributed by atoms with Crippen molar-refractivity contribution in [2.45, 2.75) is 50.4 Å². The SMILES string of the molecule is CCCC(NC1CSC(C)C1)c1cccs1. The highest BCUT2D eigenvalue weighted by Crippen LogP contribution is 2.30. The normalized spacial score (nSPS) is 27.1. The van der Waals surface area contributed by atoms with Gasteiger partial charge in [-0.05, 0) is 24.3 Å². The molecule has 0 amide bonds. The number of thiophene rings is 1. The minimum Gasteiger partial charge on any atom is -0.306 e. The zero-order valence-corrected chi connectivity index (χ0v) is 11.7.